The van der Waals surface area contributed by atoms with Crippen molar-refractivity contribution in [1.82, 2.24) is 46.5 Å². The summed E-state index contributed by atoms with van der Waals surface area (Å²) in [6.07, 6.45) is 17.5. The predicted octanol–water partition coefficient (Wildman–Crippen LogP) is 14.3. The Hall–Kier alpha value is -9.99. The number of carbonyl (C=O) groups excluding carboxylic acids is 5. The van der Waals surface area contributed by atoms with Crippen LogP contribution < -0.4 is 16.0 Å². The van der Waals surface area contributed by atoms with Gasteiger partial charge in [0.25, 0.3) is 17.7 Å². The molecular formula is C77H76Cl3F2N9O9. The molecule has 3 atom stereocenters. The number of rotatable bonds is 18. The second-order valence-electron chi connectivity index (χ2n) is 24.6. The van der Waals surface area contributed by atoms with Crippen LogP contribution in [0.3, 0.4) is 0 Å². The van der Waals surface area contributed by atoms with Crippen LogP contribution in [0.1, 0.15) is 156 Å². The van der Waals surface area contributed by atoms with Crippen molar-refractivity contribution in [3.8, 4) is 5.75 Å². The van der Waals surface area contributed by atoms with Gasteiger partial charge in [0, 0.05) is 44.6 Å². The molecule has 0 spiro atoms. The molecule has 0 radical (unpaired) electrons. The summed E-state index contributed by atoms with van der Waals surface area (Å²) >= 11 is 18.3. The van der Waals surface area contributed by atoms with Crippen LogP contribution in [0, 0.1) is 11.6 Å². The lowest BCUT2D eigenvalue weighted by Gasteiger charge is -2.16. The summed E-state index contributed by atoms with van der Waals surface area (Å²) in [5, 5.41) is 51.8. The lowest BCUT2D eigenvalue weighted by atomic mass is 10.0. The number of hydrogen-bond acceptors (Lipinski definition) is 12. The molecule has 0 saturated heterocycles. The molecule has 18 nitrogen and oxygen atoms in total. The van der Waals surface area contributed by atoms with E-state index in [-0.39, 0.29) is 42.7 Å². The van der Waals surface area contributed by atoms with E-state index in [1.807, 2.05) is 78.9 Å². The van der Waals surface area contributed by atoms with E-state index in [1.165, 1.54) is 38.5 Å². The van der Waals surface area contributed by atoms with Crippen molar-refractivity contribution < 1.29 is 52.4 Å². The molecule has 12 rings (SSSR count). The number of aromatic amines is 3. The largest absolute Gasteiger partial charge is 0.508 e. The standard InChI is InChI=1S/2C26H25ClFN3O3.C25H26ClN3O3/c1-34-26(33)22(15-16-9-11-20(28)12-10-16)29-25(32)24-21-8-3-2-6-18(23(21)30-31-24)13-17-5-4-7-19(27)14-17;1-34-26(33)22(15-17-8-12-20(28)13-9-17)29-25(32)24-21-5-3-2-4-18(23(21)30-31-24)14-16-6-10-19(27)11-7-16;26-19-6-3-4-17(13-19)12-18-5-1-2-7-22-23(18)28-29-24(22)25(32)27-20(15-30)14-16-8-10-21(31)11-9-16/h4-5,7,9-14,22H,2-3,6,8,15H2,1H3,(H,29,32)(H,30,31);6-14,22H,2-5,15H2,1H3,(H,29,32)(H,30,31);3-4,6,8-13,20,30-31H,1-2,5,7,14-15H2,(H,27,32)(H,28,29)/b18-13+;18-14+;18-12+/t2*22-;20-/m110/s1. The Labute approximate surface area is 592 Å². The number of aromatic hydroxyl groups is 1. The molecule has 0 aliphatic heterocycles. The van der Waals surface area contributed by atoms with Gasteiger partial charge in [-0.3, -0.25) is 29.7 Å². The van der Waals surface area contributed by atoms with E-state index in [2.05, 4.69) is 58.7 Å². The Morgan fingerprint density at radius 3 is 1.21 bits per heavy atom. The maximum atomic E-state index is 13.2. The molecule has 3 aliphatic rings. The van der Waals surface area contributed by atoms with Crippen LogP contribution in [-0.2, 0) is 57.6 Å². The lowest BCUT2D eigenvalue weighted by molar-refractivity contribution is -0.143. The van der Waals surface area contributed by atoms with Gasteiger partial charge < -0.3 is 35.6 Å². The number of aliphatic hydroxyl groups excluding tert-OH is 1. The number of benzene rings is 6. The number of phenolic OH excluding ortho intramolecular Hbond substituents is 1. The number of allylic oxidation sites excluding steroid dienone is 3. The molecule has 0 bridgehead atoms. The van der Waals surface area contributed by atoms with Gasteiger partial charge in [0.2, 0.25) is 0 Å². The van der Waals surface area contributed by atoms with Crippen LogP contribution >= 0.6 is 34.8 Å². The van der Waals surface area contributed by atoms with Gasteiger partial charge in [0.05, 0.1) is 44.0 Å². The first kappa shape index (κ1) is 72.7. The number of amides is 3. The second kappa shape index (κ2) is 35.2. The second-order valence-corrected chi connectivity index (χ2v) is 25.9. The van der Waals surface area contributed by atoms with Crippen LogP contribution in [0.5, 0.6) is 5.75 Å². The third-order valence-corrected chi connectivity index (χ3v) is 18.1. The first-order chi connectivity index (χ1) is 48.4. The number of aliphatic hydroxyl groups is 1. The van der Waals surface area contributed by atoms with Crippen LogP contribution in [-0.4, -0.2) is 109 Å². The highest BCUT2D eigenvalue weighted by molar-refractivity contribution is 6.31. The summed E-state index contributed by atoms with van der Waals surface area (Å²) in [5.41, 5.74) is 14.5. The van der Waals surface area contributed by atoms with Crippen molar-refractivity contribution >= 4 is 99.4 Å². The van der Waals surface area contributed by atoms with Gasteiger partial charge in [0.15, 0.2) is 0 Å². The molecule has 0 fully saturated rings. The number of aromatic nitrogens is 6. The van der Waals surface area contributed by atoms with Crippen molar-refractivity contribution in [2.75, 3.05) is 20.8 Å². The number of methoxy groups -OCH3 is 2. The molecule has 8 N–H and O–H groups in total. The van der Waals surface area contributed by atoms with E-state index < -0.39 is 41.9 Å². The van der Waals surface area contributed by atoms with Crippen LogP contribution in [0.15, 0.2) is 146 Å². The van der Waals surface area contributed by atoms with E-state index in [0.717, 1.165) is 137 Å². The Kier molecular flexibility index (Phi) is 25.6. The van der Waals surface area contributed by atoms with Gasteiger partial charge >= 0.3 is 11.9 Å². The Bertz CT molecular complexity index is 4440. The number of carbonyl (C=O) groups is 5. The fourth-order valence-electron chi connectivity index (χ4n) is 12.3. The third kappa shape index (κ3) is 19.7. The van der Waals surface area contributed by atoms with E-state index in [1.54, 1.807) is 48.5 Å². The fraction of sp³-hybridized carbons (Fsp3) is 0.273. The Morgan fingerprint density at radius 1 is 0.470 bits per heavy atom. The maximum absolute atomic E-state index is 13.2. The van der Waals surface area contributed by atoms with Gasteiger partial charge in [0.1, 0.15) is 46.5 Å². The summed E-state index contributed by atoms with van der Waals surface area (Å²) in [7, 11) is 2.53. The fourth-order valence-corrected chi connectivity index (χ4v) is 12.9. The monoisotopic (exact) mass is 1410 g/mol. The first-order valence-electron chi connectivity index (χ1n) is 33.0. The number of esters is 2. The van der Waals surface area contributed by atoms with Crippen molar-refractivity contribution in [2.45, 2.75) is 114 Å². The molecular weight excluding hydrogens is 1340 g/mol. The van der Waals surface area contributed by atoms with Crippen LogP contribution in [0.25, 0.3) is 34.9 Å². The van der Waals surface area contributed by atoms with Crippen molar-refractivity contribution in [2.24, 2.45) is 0 Å². The topological polar surface area (TPSA) is 266 Å². The van der Waals surface area contributed by atoms with Gasteiger partial charge in [-0.1, -0.05) is 108 Å². The highest BCUT2D eigenvalue weighted by Crippen LogP contribution is 2.36. The highest BCUT2D eigenvalue weighted by atomic mass is 35.5. The van der Waals surface area contributed by atoms with E-state index in [0.29, 0.717) is 62.5 Å². The van der Waals surface area contributed by atoms with Gasteiger partial charge in [-0.25, -0.2) is 18.4 Å². The average Bonchev–Trinajstić information content (AvgIpc) is 1.67. The quantitative estimate of drug-likeness (QED) is 0.0294. The van der Waals surface area contributed by atoms with Crippen molar-refractivity contribution in [1.29, 1.82) is 0 Å². The number of halogens is 5. The van der Waals surface area contributed by atoms with E-state index in [9.17, 15) is 43.0 Å². The molecule has 3 aromatic heterocycles. The van der Waals surface area contributed by atoms with Gasteiger partial charge in [-0.2, -0.15) is 15.3 Å². The number of phenols is 1. The summed E-state index contributed by atoms with van der Waals surface area (Å²) in [5.74, 6) is -2.86. The zero-order valence-corrected chi connectivity index (χ0v) is 57.4. The van der Waals surface area contributed by atoms with E-state index >= 15 is 0 Å². The molecule has 3 amide bonds. The summed E-state index contributed by atoms with van der Waals surface area (Å²) < 4.78 is 36.2. The Morgan fingerprint density at radius 2 is 0.830 bits per heavy atom. The third-order valence-electron chi connectivity index (χ3n) is 17.4. The van der Waals surface area contributed by atoms with Crippen LogP contribution in [0.2, 0.25) is 15.1 Å². The maximum Gasteiger partial charge on any atom is 0.328 e. The minimum absolute atomic E-state index is 0.176. The molecule has 3 aliphatic carbocycles. The summed E-state index contributed by atoms with van der Waals surface area (Å²) in [4.78, 5) is 64.1. The molecule has 100 heavy (non-hydrogen) atoms. The highest BCUT2D eigenvalue weighted by Gasteiger charge is 2.31. The first-order valence-corrected chi connectivity index (χ1v) is 34.1. The molecule has 3 heterocycles. The molecule has 0 unspecified atom stereocenters. The average molecular weight is 1420 g/mol. The molecule has 0 saturated carbocycles. The SMILES string of the molecule is COC(=O)[C@@H](Cc1ccc(F)cc1)NC(=O)c1[nH]nc2c1CCCC/C2=C\c1ccc(Cl)cc1.COC(=O)[C@@H](Cc1ccc(F)cc1)NC(=O)c1[nH]nc2c1CCCC/C2=C\c1cccc(Cl)c1.O=C(N[C@H](CO)Cc1ccc(O)cc1)c1[nH]nc2c1CCCC/C2=C\c1cccc(Cl)c1. The zero-order chi connectivity index (χ0) is 70.7. The number of ether oxygens (including phenoxy) is 2. The number of fused-ring (bicyclic) bond motifs is 3. The lowest BCUT2D eigenvalue weighted by Crippen LogP contribution is -2.43. The number of H-pyrrole nitrogens is 3. The van der Waals surface area contributed by atoms with E-state index in [4.69, 9.17) is 44.3 Å². The number of hydrogen-bond donors (Lipinski definition) is 8. The summed E-state index contributed by atoms with van der Waals surface area (Å²) in [6.45, 7) is -0.192. The minimum Gasteiger partial charge on any atom is -0.508 e. The van der Waals surface area contributed by atoms with Gasteiger partial charge in [-0.05, 0) is 225 Å². The van der Waals surface area contributed by atoms with Gasteiger partial charge in [-0.15, -0.1) is 0 Å². The van der Waals surface area contributed by atoms with Crippen LogP contribution in [0.4, 0.5) is 8.78 Å². The molecule has 23 heteroatoms. The molecule has 6 aromatic carbocycles. The zero-order valence-electron chi connectivity index (χ0n) is 55.1. The summed E-state index contributed by atoms with van der Waals surface area (Å²) in [6, 6.07) is 38.8. The van der Waals surface area contributed by atoms with Crippen molar-refractivity contribution in [3.63, 3.8) is 0 Å². The predicted molar refractivity (Wildman–Crippen MR) is 383 cm³/mol. The molecule has 518 valence electrons. The Balaban J connectivity index is 0.000000162. The number of nitrogens with one attached hydrogen (secondary N) is 6. The number of nitrogens with zero attached hydrogens (tertiary/aromatic N) is 3. The minimum atomic E-state index is -0.922. The molecule has 9 aromatic rings. The van der Waals surface area contributed by atoms with Crippen molar-refractivity contribution in [3.05, 3.63) is 257 Å². The normalized spacial score (nSPS) is 15.5. The smallest absolute Gasteiger partial charge is 0.328 e.